The number of nitrogens with zero attached hydrogens (tertiary/aromatic N) is 1. The van der Waals surface area contributed by atoms with E-state index in [1.807, 2.05) is 106 Å². The Morgan fingerprint density at radius 2 is 1.52 bits per heavy atom. The van der Waals surface area contributed by atoms with E-state index in [-0.39, 0.29) is 0 Å². The van der Waals surface area contributed by atoms with Gasteiger partial charge in [0.1, 0.15) is 0 Å². The van der Waals surface area contributed by atoms with Gasteiger partial charge < -0.3 is 15.4 Å². The lowest BCUT2D eigenvalue weighted by atomic mass is 9.72. The minimum Gasteiger partial charge on any atom is -0.448 e. The molecule has 148 valence electrons. The van der Waals surface area contributed by atoms with Crippen LogP contribution in [-0.2, 0) is 20.7 Å². The molecule has 4 nitrogen and oxygen atoms in total. The van der Waals surface area contributed by atoms with E-state index in [2.05, 4.69) is 0 Å². The summed E-state index contributed by atoms with van der Waals surface area (Å²) in [6.07, 6.45) is 0. The molecular formula is C25H26N2O2. The summed E-state index contributed by atoms with van der Waals surface area (Å²) in [5, 5.41) is 0. The van der Waals surface area contributed by atoms with Gasteiger partial charge in [-0.1, -0.05) is 66.2 Å². The summed E-state index contributed by atoms with van der Waals surface area (Å²) >= 11 is 0. The molecule has 4 heteroatoms. The van der Waals surface area contributed by atoms with Crippen molar-refractivity contribution in [3.05, 3.63) is 101 Å². The van der Waals surface area contributed by atoms with E-state index in [0.717, 1.165) is 27.9 Å². The number of hydrogen-bond donors (Lipinski definition) is 1. The molecular weight excluding hydrogens is 360 g/mol. The quantitative estimate of drug-likeness (QED) is 0.689. The zero-order chi connectivity index (χ0) is 20.8. The van der Waals surface area contributed by atoms with Crippen molar-refractivity contribution in [2.24, 2.45) is 5.73 Å². The Balaban J connectivity index is 2.00. The van der Waals surface area contributed by atoms with Crippen LogP contribution >= 0.6 is 0 Å². The van der Waals surface area contributed by atoms with Crippen LogP contribution in [0.2, 0.25) is 0 Å². The molecule has 0 aromatic heterocycles. The Bertz CT molecular complexity index is 1060. The molecule has 2 N–H and O–H groups in total. The molecule has 2 unspecified atom stereocenters. The molecule has 0 bridgehead atoms. The molecule has 0 amide bonds. The largest absolute Gasteiger partial charge is 0.448 e. The number of nitrogens with two attached hydrogens (primary N) is 1. The molecule has 3 aromatic rings. The van der Waals surface area contributed by atoms with Crippen LogP contribution < -0.4 is 10.6 Å². The van der Waals surface area contributed by atoms with Gasteiger partial charge in [-0.05, 0) is 42.7 Å². The van der Waals surface area contributed by atoms with Crippen molar-refractivity contribution in [1.29, 1.82) is 0 Å². The van der Waals surface area contributed by atoms with Crippen LogP contribution in [0.5, 0.6) is 0 Å². The van der Waals surface area contributed by atoms with Gasteiger partial charge >= 0.3 is 5.97 Å². The highest BCUT2D eigenvalue weighted by molar-refractivity contribution is 5.90. The third-order valence-corrected chi connectivity index (χ3v) is 5.91. The van der Waals surface area contributed by atoms with E-state index in [9.17, 15) is 4.79 Å². The number of hydrogen-bond acceptors (Lipinski definition) is 4. The summed E-state index contributed by atoms with van der Waals surface area (Å²) in [4.78, 5) is 15.5. The molecule has 1 aliphatic heterocycles. The van der Waals surface area contributed by atoms with E-state index in [1.54, 1.807) is 0 Å². The van der Waals surface area contributed by atoms with Crippen molar-refractivity contribution < 1.29 is 9.53 Å². The number of fused-ring (bicyclic) bond motifs is 1. The molecule has 4 rings (SSSR count). The molecule has 0 saturated carbocycles. The lowest BCUT2D eigenvalue weighted by Crippen LogP contribution is -2.55. The Morgan fingerprint density at radius 1 is 0.862 bits per heavy atom. The van der Waals surface area contributed by atoms with Crippen LogP contribution in [0.4, 0.5) is 5.69 Å². The summed E-state index contributed by atoms with van der Waals surface area (Å²) < 4.78 is 6.12. The van der Waals surface area contributed by atoms with Gasteiger partial charge in [-0.3, -0.25) is 0 Å². The molecule has 2 atom stereocenters. The topological polar surface area (TPSA) is 55.6 Å². The van der Waals surface area contributed by atoms with Gasteiger partial charge in [-0.2, -0.15) is 0 Å². The Kier molecular flexibility index (Phi) is 4.47. The number of aryl methyl sites for hydroxylation is 1. The second-order valence-corrected chi connectivity index (χ2v) is 8.09. The van der Waals surface area contributed by atoms with Crippen molar-refractivity contribution in [3.8, 4) is 0 Å². The number of carbonyl (C=O) groups is 1. The van der Waals surface area contributed by atoms with Crippen LogP contribution in [-0.4, -0.2) is 20.1 Å². The summed E-state index contributed by atoms with van der Waals surface area (Å²) in [5.41, 5.74) is 10.00. The highest BCUT2D eigenvalue weighted by Gasteiger charge is 2.52. The minimum absolute atomic E-state index is 0.449. The number of esters is 1. The molecule has 0 radical (unpaired) electrons. The SMILES string of the molecule is Cc1ccc(C2(C)OC(=O)C(N)(c3ccccc3)c3cc(N(C)C)ccc32)cc1. The highest BCUT2D eigenvalue weighted by Crippen LogP contribution is 2.47. The molecule has 0 spiro atoms. The van der Waals surface area contributed by atoms with E-state index < -0.39 is 17.1 Å². The fourth-order valence-electron chi connectivity index (χ4n) is 4.04. The summed E-state index contributed by atoms with van der Waals surface area (Å²) in [6.45, 7) is 3.98. The summed E-state index contributed by atoms with van der Waals surface area (Å²) in [6, 6.07) is 23.6. The second kappa shape index (κ2) is 6.75. The van der Waals surface area contributed by atoms with Gasteiger partial charge in [-0.25, -0.2) is 4.79 Å². The smallest absolute Gasteiger partial charge is 0.336 e. The predicted molar refractivity (Wildman–Crippen MR) is 116 cm³/mol. The fraction of sp³-hybridized carbons (Fsp3) is 0.240. The van der Waals surface area contributed by atoms with Crippen molar-refractivity contribution in [3.63, 3.8) is 0 Å². The molecule has 1 heterocycles. The van der Waals surface area contributed by atoms with Crippen molar-refractivity contribution in [2.75, 3.05) is 19.0 Å². The number of anilines is 1. The maximum absolute atomic E-state index is 13.5. The first kappa shape index (κ1) is 19.2. The van der Waals surface area contributed by atoms with Crippen LogP contribution in [0.3, 0.4) is 0 Å². The molecule has 0 saturated heterocycles. The number of ether oxygens (including phenoxy) is 1. The maximum Gasteiger partial charge on any atom is 0.336 e. The van der Waals surface area contributed by atoms with Crippen molar-refractivity contribution in [1.82, 2.24) is 0 Å². The lowest BCUT2D eigenvalue weighted by molar-refractivity contribution is -0.164. The zero-order valence-electron chi connectivity index (χ0n) is 17.3. The number of benzene rings is 3. The maximum atomic E-state index is 13.5. The van der Waals surface area contributed by atoms with E-state index in [4.69, 9.17) is 10.5 Å². The van der Waals surface area contributed by atoms with E-state index in [0.29, 0.717) is 5.56 Å². The molecule has 0 aliphatic carbocycles. The zero-order valence-corrected chi connectivity index (χ0v) is 17.3. The molecule has 29 heavy (non-hydrogen) atoms. The van der Waals surface area contributed by atoms with E-state index >= 15 is 0 Å². The van der Waals surface area contributed by atoms with Gasteiger partial charge in [-0.15, -0.1) is 0 Å². The number of rotatable bonds is 3. The molecule has 1 aliphatic rings. The Morgan fingerprint density at radius 3 is 2.14 bits per heavy atom. The monoisotopic (exact) mass is 386 g/mol. The number of cyclic esters (lactones) is 1. The van der Waals surface area contributed by atoms with Crippen LogP contribution in [0.1, 0.15) is 34.7 Å². The second-order valence-electron chi connectivity index (χ2n) is 8.09. The standard InChI is InChI=1S/C25H26N2O2/c1-17-10-12-18(13-11-17)24(2)21-15-14-20(27(3)4)16-22(21)25(26,23(28)29-24)19-8-6-5-7-9-19/h5-16H,26H2,1-4H3. The first-order valence-corrected chi connectivity index (χ1v) is 9.74. The summed E-state index contributed by atoms with van der Waals surface area (Å²) in [5.74, 6) is -0.449. The molecule has 0 fully saturated rings. The van der Waals surface area contributed by atoms with E-state index in [1.165, 1.54) is 0 Å². The minimum atomic E-state index is -1.37. The van der Waals surface area contributed by atoms with Gasteiger partial charge in [0.05, 0.1) is 0 Å². The van der Waals surface area contributed by atoms with Gasteiger partial charge in [0.25, 0.3) is 0 Å². The normalized spacial score (nSPS) is 23.3. The summed E-state index contributed by atoms with van der Waals surface area (Å²) in [7, 11) is 3.95. The first-order chi connectivity index (χ1) is 13.8. The molecule has 3 aromatic carbocycles. The fourth-order valence-corrected chi connectivity index (χ4v) is 4.04. The Labute approximate surface area is 171 Å². The average Bonchev–Trinajstić information content (AvgIpc) is 2.72. The van der Waals surface area contributed by atoms with Crippen molar-refractivity contribution in [2.45, 2.75) is 25.0 Å². The first-order valence-electron chi connectivity index (χ1n) is 9.74. The van der Waals surface area contributed by atoms with Crippen molar-refractivity contribution >= 4 is 11.7 Å². The van der Waals surface area contributed by atoms with Crippen LogP contribution in [0.15, 0.2) is 72.8 Å². The van der Waals surface area contributed by atoms with Crippen LogP contribution in [0, 0.1) is 6.92 Å². The third-order valence-electron chi connectivity index (χ3n) is 5.91. The predicted octanol–water partition coefficient (Wildman–Crippen LogP) is 4.08. The lowest BCUT2D eigenvalue weighted by Gasteiger charge is -2.44. The Hall–Kier alpha value is -3.11. The van der Waals surface area contributed by atoms with Gasteiger partial charge in [0.2, 0.25) is 0 Å². The van der Waals surface area contributed by atoms with Crippen LogP contribution in [0.25, 0.3) is 0 Å². The third kappa shape index (κ3) is 2.91. The van der Waals surface area contributed by atoms with Gasteiger partial charge in [0, 0.05) is 25.3 Å². The highest BCUT2D eigenvalue weighted by atomic mass is 16.6. The number of carbonyl (C=O) groups excluding carboxylic acids is 1. The average molecular weight is 386 g/mol. The van der Waals surface area contributed by atoms with Gasteiger partial charge in [0.15, 0.2) is 11.1 Å².